The highest BCUT2D eigenvalue weighted by Gasteiger charge is 2.37. The Hall–Kier alpha value is -3.52. The lowest BCUT2D eigenvalue weighted by atomic mass is 10.1. The summed E-state index contributed by atoms with van der Waals surface area (Å²) >= 11 is 2.61. The number of anilines is 2. The van der Waals surface area contributed by atoms with E-state index in [2.05, 4.69) is 5.32 Å². The van der Waals surface area contributed by atoms with Crippen molar-refractivity contribution in [3.05, 3.63) is 24.3 Å². The van der Waals surface area contributed by atoms with Gasteiger partial charge in [-0.15, -0.1) is 11.8 Å². The molecule has 1 aromatic heterocycles. The van der Waals surface area contributed by atoms with Gasteiger partial charge in [-0.05, 0) is 18.6 Å². The fraction of sp³-hybridized carbons (Fsp3) is 0.517. The summed E-state index contributed by atoms with van der Waals surface area (Å²) in [5.74, 6) is 1.89. The lowest BCUT2D eigenvalue weighted by molar-refractivity contribution is -0.138. The molecule has 0 bridgehead atoms. The molecular formula is C29H38N6O6S2. The summed E-state index contributed by atoms with van der Waals surface area (Å²) in [6, 6.07) is 2.76. The lowest BCUT2D eigenvalue weighted by Gasteiger charge is -2.34. The molecule has 3 heterocycles. The molecule has 3 amide bonds. The van der Waals surface area contributed by atoms with E-state index in [1.54, 1.807) is 34.9 Å². The molecule has 12 nitrogen and oxygen atoms in total. The predicted octanol–water partition coefficient (Wildman–Crippen LogP) is 3.02. The first-order valence-corrected chi connectivity index (χ1v) is 16.3. The number of aromatic nitrogens is 2. The van der Waals surface area contributed by atoms with Gasteiger partial charge in [-0.2, -0.15) is 4.98 Å². The highest BCUT2D eigenvalue weighted by atomic mass is 32.2. The second-order valence-corrected chi connectivity index (χ2v) is 12.4. The van der Waals surface area contributed by atoms with Crippen molar-refractivity contribution >= 4 is 69.0 Å². The first-order valence-electron chi connectivity index (χ1n) is 14.1. The zero-order chi connectivity index (χ0) is 31.1. The second-order valence-electron chi connectivity index (χ2n) is 10.2. The molecule has 2 aromatic rings. The quantitative estimate of drug-likeness (QED) is 0.388. The summed E-state index contributed by atoms with van der Waals surface area (Å²) < 4.78 is 11.0. The van der Waals surface area contributed by atoms with Crippen molar-refractivity contribution in [3.8, 4) is 11.5 Å². The number of thioether (sulfide) groups is 2. The molecule has 2 aliphatic rings. The lowest BCUT2D eigenvalue weighted by Crippen LogP contribution is -2.49. The molecule has 14 heteroatoms. The van der Waals surface area contributed by atoms with Gasteiger partial charge in [0.15, 0.2) is 16.6 Å². The van der Waals surface area contributed by atoms with E-state index in [0.29, 0.717) is 77.7 Å². The summed E-state index contributed by atoms with van der Waals surface area (Å²) in [5, 5.41) is 3.47. The minimum Gasteiger partial charge on any atom is -0.493 e. The van der Waals surface area contributed by atoms with Gasteiger partial charge in [0.05, 0.1) is 25.6 Å². The largest absolute Gasteiger partial charge is 0.493 e. The molecule has 43 heavy (non-hydrogen) atoms. The van der Waals surface area contributed by atoms with Crippen LogP contribution in [0, 0.1) is 5.92 Å². The standard InChI is InChI=1S/C29H38N6O6S2/c1-6-7-8-25(37)33-9-11-34(12-10-33)29-30-21-14-24(41-5)23(40-4)13-20(21)26(32-29)31-27(38)22-16-42-17-35(22)28(39)18(2)15-43-19(3)36/h7-8,13-14,18,22H,6,9-12,15-17H2,1-5H3,(H,30,31,32,38)/b8-7+. The minimum atomic E-state index is -0.693. The molecule has 1 aromatic carbocycles. The van der Waals surface area contributed by atoms with Gasteiger partial charge in [0.2, 0.25) is 23.7 Å². The van der Waals surface area contributed by atoms with Crippen molar-refractivity contribution in [2.75, 3.05) is 68.0 Å². The summed E-state index contributed by atoms with van der Waals surface area (Å²) in [4.78, 5) is 65.6. The molecule has 2 aliphatic heterocycles. The molecule has 0 spiro atoms. The van der Waals surface area contributed by atoms with E-state index in [1.165, 1.54) is 32.9 Å². The van der Waals surface area contributed by atoms with Crippen LogP contribution in [0.1, 0.15) is 27.2 Å². The predicted molar refractivity (Wildman–Crippen MR) is 170 cm³/mol. The molecule has 2 saturated heterocycles. The van der Waals surface area contributed by atoms with Gasteiger partial charge in [-0.3, -0.25) is 19.2 Å². The van der Waals surface area contributed by atoms with E-state index in [-0.39, 0.29) is 22.8 Å². The third-order valence-electron chi connectivity index (χ3n) is 7.23. The van der Waals surface area contributed by atoms with Gasteiger partial charge in [-0.25, -0.2) is 4.98 Å². The maximum atomic E-state index is 13.7. The number of carbonyl (C=O) groups is 4. The number of fused-ring (bicyclic) bond motifs is 1. The number of piperazine rings is 1. The number of ether oxygens (including phenoxy) is 2. The van der Waals surface area contributed by atoms with Gasteiger partial charge >= 0.3 is 0 Å². The summed E-state index contributed by atoms with van der Waals surface area (Å²) in [7, 11) is 3.06. The number of rotatable bonds is 10. The van der Waals surface area contributed by atoms with Crippen molar-refractivity contribution in [1.29, 1.82) is 0 Å². The van der Waals surface area contributed by atoms with Crippen molar-refractivity contribution in [3.63, 3.8) is 0 Å². The van der Waals surface area contributed by atoms with Crippen LogP contribution in [0.3, 0.4) is 0 Å². The van der Waals surface area contributed by atoms with E-state index in [9.17, 15) is 19.2 Å². The first-order chi connectivity index (χ1) is 20.7. The van der Waals surface area contributed by atoms with Gasteiger partial charge < -0.3 is 29.5 Å². The molecule has 2 fully saturated rings. The van der Waals surface area contributed by atoms with Crippen LogP contribution in [0.5, 0.6) is 11.5 Å². The number of hydrogen-bond acceptors (Lipinski definition) is 11. The van der Waals surface area contributed by atoms with E-state index in [1.807, 2.05) is 17.9 Å². The third kappa shape index (κ3) is 7.71. The van der Waals surface area contributed by atoms with Crippen molar-refractivity contribution < 1.29 is 28.7 Å². The second kappa shape index (κ2) is 14.8. The summed E-state index contributed by atoms with van der Waals surface area (Å²) in [5.41, 5.74) is 0.547. The van der Waals surface area contributed by atoms with Crippen molar-refractivity contribution in [2.24, 2.45) is 5.92 Å². The number of benzene rings is 1. The molecule has 0 radical (unpaired) electrons. The van der Waals surface area contributed by atoms with E-state index in [0.717, 1.165) is 18.2 Å². The van der Waals surface area contributed by atoms with Crippen LogP contribution in [0.15, 0.2) is 24.3 Å². The van der Waals surface area contributed by atoms with Crippen LogP contribution in [0.25, 0.3) is 10.9 Å². The Balaban J connectivity index is 1.60. The normalized spacial score (nSPS) is 17.8. The zero-order valence-electron chi connectivity index (χ0n) is 25.1. The van der Waals surface area contributed by atoms with Gasteiger partial charge in [-0.1, -0.05) is 31.7 Å². The smallest absolute Gasteiger partial charge is 0.249 e. The van der Waals surface area contributed by atoms with Crippen LogP contribution in [-0.2, 0) is 19.2 Å². The Kier molecular flexibility index (Phi) is 11.1. The number of nitrogens with zero attached hydrogens (tertiary/aromatic N) is 5. The van der Waals surface area contributed by atoms with Gasteiger partial charge in [0.1, 0.15) is 11.9 Å². The maximum Gasteiger partial charge on any atom is 0.249 e. The van der Waals surface area contributed by atoms with Gasteiger partial charge in [0, 0.05) is 62.0 Å². The first kappa shape index (κ1) is 32.4. The Bertz CT molecular complexity index is 1400. The van der Waals surface area contributed by atoms with Crippen LogP contribution in [0.4, 0.5) is 11.8 Å². The molecule has 4 rings (SSSR count). The minimum absolute atomic E-state index is 0.0200. The average molecular weight is 631 g/mol. The van der Waals surface area contributed by atoms with E-state index >= 15 is 0 Å². The van der Waals surface area contributed by atoms with E-state index < -0.39 is 12.0 Å². The molecular weight excluding hydrogens is 592 g/mol. The number of methoxy groups -OCH3 is 2. The number of hydrogen-bond donors (Lipinski definition) is 1. The molecule has 1 N–H and O–H groups in total. The molecule has 0 aliphatic carbocycles. The van der Waals surface area contributed by atoms with Crippen molar-refractivity contribution in [2.45, 2.75) is 33.2 Å². The Morgan fingerprint density at radius 1 is 1.12 bits per heavy atom. The van der Waals surface area contributed by atoms with Crippen LogP contribution in [0.2, 0.25) is 0 Å². The fourth-order valence-corrected chi connectivity index (χ4v) is 6.60. The topological polar surface area (TPSA) is 134 Å². The molecule has 2 unspecified atom stereocenters. The summed E-state index contributed by atoms with van der Waals surface area (Å²) in [6.45, 7) is 7.30. The van der Waals surface area contributed by atoms with Crippen LogP contribution in [-0.4, -0.2) is 106 Å². The highest BCUT2D eigenvalue weighted by Crippen LogP contribution is 2.35. The summed E-state index contributed by atoms with van der Waals surface area (Å²) in [6.07, 6.45) is 4.25. The zero-order valence-corrected chi connectivity index (χ0v) is 26.8. The monoisotopic (exact) mass is 630 g/mol. The maximum absolute atomic E-state index is 13.7. The van der Waals surface area contributed by atoms with Crippen molar-refractivity contribution in [1.82, 2.24) is 19.8 Å². The Labute approximate surface area is 259 Å². The fourth-order valence-electron chi connectivity index (χ4n) is 4.80. The molecule has 232 valence electrons. The SMILES string of the molecule is CC/C=C/C(=O)N1CCN(c2nc(NC(=O)C3CSCN3C(=O)C(C)CSC(C)=O)c3cc(OC)c(OC)cc3n2)CC1. The number of allylic oxidation sites excluding steroid dienone is 1. The number of carbonyl (C=O) groups excluding carboxylic acids is 4. The average Bonchev–Trinajstić information content (AvgIpc) is 3.51. The van der Waals surface area contributed by atoms with Crippen LogP contribution >= 0.6 is 23.5 Å². The number of nitrogens with one attached hydrogen (secondary N) is 1. The van der Waals surface area contributed by atoms with Crippen LogP contribution < -0.4 is 19.7 Å². The van der Waals surface area contributed by atoms with E-state index in [4.69, 9.17) is 19.4 Å². The Morgan fingerprint density at radius 2 is 1.81 bits per heavy atom. The molecule has 2 atom stereocenters. The number of amides is 3. The van der Waals surface area contributed by atoms with Gasteiger partial charge in [0.25, 0.3) is 0 Å². The Morgan fingerprint density at radius 3 is 2.47 bits per heavy atom. The molecule has 0 saturated carbocycles. The third-order valence-corrected chi connectivity index (χ3v) is 9.31. The highest BCUT2D eigenvalue weighted by molar-refractivity contribution is 8.13.